The number of rotatable bonds is 4. The van der Waals surface area contributed by atoms with Crippen molar-refractivity contribution in [1.82, 2.24) is 15.3 Å². The van der Waals surface area contributed by atoms with Crippen LogP contribution in [0.4, 0.5) is 0 Å². The molecular formula is C16H22BrN3S. The summed E-state index contributed by atoms with van der Waals surface area (Å²) in [5.74, 6) is 0.423. The van der Waals surface area contributed by atoms with E-state index in [0.717, 1.165) is 21.6 Å². The standard InChI is InChI=1S/C16H22BrN3S/c1-10(2)14-13(9-19-16(3,4)5)21-15(20-14)11-6-12(17)8-18-7-11/h6-8,10,19H,9H2,1-5H3. The van der Waals surface area contributed by atoms with E-state index < -0.39 is 0 Å². The molecule has 0 radical (unpaired) electrons. The summed E-state index contributed by atoms with van der Waals surface area (Å²) >= 11 is 5.23. The SMILES string of the molecule is CC(C)c1nc(-c2cncc(Br)c2)sc1CNC(C)(C)C. The van der Waals surface area contributed by atoms with Crippen LogP contribution in [0.15, 0.2) is 22.9 Å². The quantitative estimate of drug-likeness (QED) is 0.827. The summed E-state index contributed by atoms with van der Waals surface area (Å²) in [5, 5.41) is 4.60. The van der Waals surface area contributed by atoms with E-state index in [1.807, 2.05) is 6.20 Å². The Morgan fingerprint density at radius 1 is 1.29 bits per heavy atom. The second-order valence-corrected chi connectivity index (χ2v) is 8.48. The average Bonchev–Trinajstić information content (AvgIpc) is 2.80. The molecule has 0 saturated heterocycles. The molecule has 114 valence electrons. The van der Waals surface area contributed by atoms with Crippen molar-refractivity contribution in [2.24, 2.45) is 0 Å². The topological polar surface area (TPSA) is 37.8 Å². The van der Waals surface area contributed by atoms with E-state index in [2.05, 4.69) is 66.9 Å². The van der Waals surface area contributed by atoms with Crippen LogP contribution in [0, 0.1) is 0 Å². The molecule has 0 bridgehead atoms. The van der Waals surface area contributed by atoms with Gasteiger partial charge in [0.2, 0.25) is 0 Å². The Morgan fingerprint density at radius 3 is 2.57 bits per heavy atom. The van der Waals surface area contributed by atoms with Crippen molar-refractivity contribution in [1.29, 1.82) is 0 Å². The van der Waals surface area contributed by atoms with E-state index in [9.17, 15) is 0 Å². The Balaban J connectivity index is 2.33. The highest BCUT2D eigenvalue weighted by atomic mass is 79.9. The number of thiazole rings is 1. The zero-order valence-electron chi connectivity index (χ0n) is 13.2. The fourth-order valence-electron chi connectivity index (χ4n) is 1.94. The maximum atomic E-state index is 4.84. The van der Waals surface area contributed by atoms with Gasteiger partial charge in [-0.25, -0.2) is 4.98 Å². The van der Waals surface area contributed by atoms with Crippen LogP contribution in [0.2, 0.25) is 0 Å². The normalized spacial score (nSPS) is 12.1. The molecule has 2 aromatic heterocycles. The van der Waals surface area contributed by atoms with Gasteiger partial charge in [0.15, 0.2) is 0 Å². The van der Waals surface area contributed by atoms with E-state index >= 15 is 0 Å². The van der Waals surface area contributed by atoms with Gasteiger partial charge in [-0.3, -0.25) is 4.98 Å². The van der Waals surface area contributed by atoms with Crippen molar-refractivity contribution in [2.45, 2.75) is 52.6 Å². The third kappa shape index (κ3) is 4.59. The van der Waals surface area contributed by atoms with Gasteiger partial charge >= 0.3 is 0 Å². The van der Waals surface area contributed by atoms with Gasteiger partial charge in [-0.15, -0.1) is 11.3 Å². The molecule has 0 amide bonds. The number of aromatic nitrogens is 2. The summed E-state index contributed by atoms with van der Waals surface area (Å²) in [6.45, 7) is 11.8. The lowest BCUT2D eigenvalue weighted by molar-refractivity contribution is 0.425. The summed E-state index contributed by atoms with van der Waals surface area (Å²) in [6, 6.07) is 2.07. The van der Waals surface area contributed by atoms with E-state index in [4.69, 9.17) is 4.98 Å². The van der Waals surface area contributed by atoms with Crippen molar-refractivity contribution in [3.8, 4) is 10.6 Å². The lowest BCUT2D eigenvalue weighted by Crippen LogP contribution is -2.35. The monoisotopic (exact) mass is 367 g/mol. The minimum absolute atomic E-state index is 0.107. The number of pyridine rings is 1. The van der Waals surface area contributed by atoms with Crippen molar-refractivity contribution >= 4 is 27.3 Å². The van der Waals surface area contributed by atoms with Gasteiger partial charge in [0.1, 0.15) is 5.01 Å². The summed E-state index contributed by atoms with van der Waals surface area (Å²) in [5.41, 5.74) is 2.36. The summed E-state index contributed by atoms with van der Waals surface area (Å²) in [4.78, 5) is 10.4. The zero-order valence-corrected chi connectivity index (χ0v) is 15.6. The van der Waals surface area contributed by atoms with Gasteiger partial charge in [-0.05, 0) is 48.7 Å². The maximum absolute atomic E-state index is 4.84. The molecule has 0 aliphatic heterocycles. The summed E-state index contributed by atoms with van der Waals surface area (Å²) in [7, 11) is 0. The Hall–Kier alpha value is -0.780. The fourth-order valence-corrected chi connectivity index (χ4v) is 3.44. The molecule has 0 aliphatic rings. The second-order valence-electron chi connectivity index (χ2n) is 6.48. The molecule has 21 heavy (non-hydrogen) atoms. The Labute approximate surface area is 139 Å². The molecule has 0 atom stereocenters. The van der Waals surface area contributed by atoms with Gasteiger partial charge in [0.05, 0.1) is 5.69 Å². The largest absolute Gasteiger partial charge is 0.307 e. The Morgan fingerprint density at radius 2 is 2.00 bits per heavy atom. The molecule has 0 aliphatic carbocycles. The number of nitrogens with zero attached hydrogens (tertiary/aromatic N) is 2. The highest BCUT2D eigenvalue weighted by Gasteiger charge is 2.17. The lowest BCUT2D eigenvalue weighted by atomic mass is 10.1. The highest BCUT2D eigenvalue weighted by molar-refractivity contribution is 9.10. The van der Waals surface area contributed by atoms with Crippen LogP contribution < -0.4 is 5.32 Å². The minimum atomic E-state index is 0.107. The first kappa shape index (κ1) is 16.6. The summed E-state index contributed by atoms with van der Waals surface area (Å²) < 4.78 is 0.982. The van der Waals surface area contributed by atoms with E-state index in [-0.39, 0.29) is 5.54 Å². The summed E-state index contributed by atoms with van der Waals surface area (Å²) in [6.07, 6.45) is 3.66. The molecule has 5 heteroatoms. The zero-order chi connectivity index (χ0) is 15.6. The number of hydrogen-bond acceptors (Lipinski definition) is 4. The van der Waals surface area contributed by atoms with Crippen LogP contribution in [-0.2, 0) is 6.54 Å². The van der Waals surface area contributed by atoms with E-state index in [1.54, 1.807) is 17.5 Å². The van der Waals surface area contributed by atoms with Gasteiger partial charge in [-0.2, -0.15) is 0 Å². The van der Waals surface area contributed by atoms with Crippen molar-refractivity contribution in [3.63, 3.8) is 0 Å². The van der Waals surface area contributed by atoms with Gasteiger partial charge in [0, 0.05) is 39.4 Å². The third-order valence-electron chi connectivity index (χ3n) is 3.01. The molecule has 0 spiro atoms. The molecule has 1 N–H and O–H groups in total. The van der Waals surface area contributed by atoms with Crippen molar-refractivity contribution in [3.05, 3.63) is 33.5 Å². The molecule has 2 heterocycles. The first-order valence-corrected chi connectivity index (χ1v) is 8.73. The van der Waals surface area contributed by atoms with Gasteiger partial charge in [0.25, 0.3) is 0 Å². The lowest BCUT2D eigenvalue weighted by Gasteiger charge is -2.20. The number of hydrogen-bond donors (Lipinski definition) is 1. The molecule has 0 aromatic carbocycles. The molecule has 0 fully saturated rings. The van der Waals surface area contributed by atoms with Crippen molar-refractivity contribution < 1.29 is 0 Å². The maximum Gasteiger partial charge on any atom is 0.125 e. The molecular weight excluding hydrogens is 346 g/mol. The predicted molar refractivity (Wildman–Crippen MR) is 93.7 cm³/mol. The molecule has 2 aromatic rings. The van der Waals surface area contributed by atoms with Crippen LogP contribution >= 0.6 is 27.3 Å². The van der Waals surface area contributed by atoms with Gasteiger partial charge < -0.3 is 5.32 Å². The van der Waals surface area contributed by atoms with Crippen LogP contribution in [0.5, 0.6) is 0 Å². The molecule has 3 nitrogen and oxygen atoms in total. The van der Waals surface area contributed by atoms with E-state index in [1.165, 1.54) is 10.6 Å². The first-order chi connectivity index (χ1) is 9.76. The third-order valence-corrected chi connectivity index (χ3v) is 4.56. The Bertz CT molecular complexity index is 614. The minimum Gasteiger partial charge on any atom is -0.307 e. The second kappa shape index (κ2) is 6.55. The molecule has 2 rings (SSSR count). The molecule has 0 saturated carbocycles. The van der Waals surface area contributed by atoms with Gasteiger partial charge in [-0.1, -0.05) is 13.8 Å². The Kier molecular flexibility index (Phi) is 5.17. The average molecular weight is 368 g/mol. The number of halogens is 1. The van der Waals surface area contributed by atoms with Crippen LogP contribution in [-0.4, -0.2) is 15.5 Å². The van der Waals surface area contributed by atoms with Crippen LogP contribution in [0.3, 0.4) is 0 Å². The van der Waals surface area contributed by atoms with Crippen LogP contribution in [0.25, 0.3) is 10.6 Å². The highest BCUT2D eigenvalue weighted by Crippen LogP contribution is 2.32. The van der Waals surface area contributed by atoms with E-state index in [0.29, 0.717) is 5.92 Å². The van der Waals surface area contributed by atoms with Crippen molar-refractivity contribution in [2.75, 3.05) is 0 Å². The first-order valence-electron chi connectivity index (χ1n) is 7.12. The fraction of sp³-hybridized carbons (Fsp3) is 0.500. The number of nitrogens with one attached hydrogen (secondary N) is 1. The smallest absolute Gasteiger partial charge is 0.125 e. The predicted octanol–water partition coefficient (Wildman–Crippen LogP) is 4.98. The van der Waals surface area contributed by atoms with Crippen LogP contribution in [0.1, 0.15) is 51.1 Å². The molecule has 0 unspecified atom stereocenters.